The van der Waals surface area contributed by atoms with Crippen molar-refractivity contribution in [3.05, 3.63) is 59.6 Å². The van der Waals surface area contributed by atoms with E-state index in [0.29, 0.717) is 30.0 Å². The molecule has 0 unspecified atom stereocenters. The molecule has 31 heavy (non-hydrogen) atoms. The highest BCUT2D eigenvalue weighted by atomic mass is 35.5. The van der Waals surface area contributed by atoms with Crippen molar-refractivity contribution in [2.75, 3.05) is 25.0 Å². The van der Waals surface area contributed by atoms with E-state index >= 15 is 0 Å². The first-order chi connectivity index (χ1) is 14.0. The molecule has 0 spiro atoms. The number of rotatable bonds is 7. The van der Waals surface area contributed by atoms with Crippen LogP contribution in [0, 0.1) is 11.6 Å². The van der Waals surface area contributed by atoms with Gasteiger partial charge in [-0.15, -0.1) is 24.8 Å². The number of nitrogens with one attached hydrogen (secondary N) is 2. The summed E-state index contributed by atoms with van der Waals surface area (Å²) < 4.78 is 26.8. The summed E-state index contributed by atoms with van der Waals surface area (Å²) in [5.74, 6) is -1.08. The van der Waals surface area contributed by atoms with E-state index in [-0.39, 0.29) is 30.9 Å². The molecule has 0 bridgehead atoms. The largest absolute Gasteiger partial charge is 0.365 e. The van der Waals surface area contributed by atoms with Crippen LogP contribution in [-0.4, -0.2) is 51.7 Å². The van der Waals surface area contributed by atoms with Crippen molar-refractivity contribution in [3.63, 3.8) is 0 Å². The van der Waals surface area contributed by atoms with Crippen LogP contribution in [0.5, 0.6) is 0 Å². The molecule has 7 nitrogen and oxygen atoms in total. The lowest BCUT2D eigenvalue weighted by Gasteiger charge is -2.33. The fourth-order valence-electron chi connectivity index (χ4n) is 3.29. The molecule has 1 aliphatic rings. The molecule has 1 aromatic heterocycles. The number of anilines is 1. The third kappa shape index (κ3) is 8.37. The zero-order valence-electron chi connectivity index (χ0n) is 16.6. The summed E-state index contributed by atoms with van der Waals surface area (Å²) in [4.78, 5) is 21.7. The van der Waals surface area contributed by atoms with Gasteiger partial charge in [0.05, 0.1) is 18.1 Å². The van der Waals surface area contributed by atoms with Gasteiger partial charge in [0.15, 0.2) is 0 Å². The van der Waals surface area contributed by atoms with E-state index in [4.69, 9.17) is 5.21 Å². The van der Waals surface area contributed by atoms with Gasteiger partial charge in [0.1, 0.15) is 17.5 Å². The molecule has 1 saturated heterocycles. The molecule has 2 heterocycles. The Bertz CT molecular complexity index is 871. The summed E-state index contributed by atoms with van der Waals surface area (Å²) in [5.41, 5.74) is 2.51. The summed E-state index contributed by atoms with van der Waals surface area (Å²) in [6.07, 6.45) is 8.24. The van der Waals surface area contributed by atoms with Crippen LogP contribution in [0.4, 0.5) is 14.6 Å². The fraction of sp³-hybridized carbons (Fsp3) is 0.350. The Morgan fingerprint density at radius 3 is 2.74 bits per heavy atom. The molecular weight excluding hydrogens is 451 g/mol. The predicted octanol–water partition coefficient (Wildman–Crippen LogP) is 3.24. The molecule has 3 rings (SSSR count). The fourth-order valence-corrected chi connectivity index (χ4v) is 3.29. The lowest BCUT2D eigenvalue weighted by Crippen LogP contribution is -2.43. The zero-order chi connectivity index (χ0) is 20.6. The Morgan fingerprint density at radius 1 is 1.26 bits per heavy atom. The van der Waals surface area contributed by atoms with E-state index in [1.807, 2.05) is 0 Å². The van der Waals surface area contributed by atoms with Crippen LogP contribution in [0.15, 0.2) is 36.7 Å². The highest BCUT2D eigenvalue weighted by Crippen LogP contribution is 2.16. The first-order valence-corrected chi connectivity index (χ1v) is 9.40. The number of hydrogen-bond donors (Lipinski definition) is 3. The van der Waals surface area contributed by atoms with Crippen LogP contribution in [0.2, 0.25) is 0 Å². The van der Waals surface area contributed by atoms with Crippen LogP contribution < -0.4 is 10.8 Å². The second-order valence-corrected chi connectivity index (χ2v) is 6.91. The second kappa shape index (κ2) is 13.2. The van der Waals surface area contributed by atoms with E-state index < -0.39 is 17.5 Å². The Morgan fingerprint density at radius 2 is 2.06 bits per heavy atom. The van der Waals surface area contributed by atoms with Gasteiger partial charge in [0.25, 0.3) is 5.91 Å². The standard InChI is InChI=1S/C20H23F2N5O2.2ClH/c21-15-4-3-14(18(22)10-15)7-9-27-8-1-2-17(13-27)25-19-12-23-16(11-24-19)5-6-20(28)26-29;;/h3-6,10-12,17,29H,1-2,7-9,13H2,(H,24,25)(H,26,28);2*1H/b6-5+;;/t17-;;/m1../s1. The number of carbonyl (C=O) groups is 1. The predicted molar refractivity (Wildman–Crippen MR) is 119 cm³/mol. The van der Waals surface area contributed by atoms with Crippen LogP contribution in [0.1, 0.15) is 24.1 Å². The maximum atomic E-state index is 13.8. The molecule has 1 fully saturated rings. The van der Waals surface area contributed by atoms with Gasteiger partial charge >= 0.3 is 0 Å². The van der Waals surface area contributed by atoms with Gasteiger partial charge in [0.2, 0.25) is 0 Å². The van der Waals surface area contributed by atoms with Crippen molar-refractivity contribution in [1.82, 2.24) is 20.3 Å². The van der Waals surface area contributed by atoms with Gasteiger partial charge in [-0.25, -0.2) is 19.2 Å². The maximum Gasteiger partial charge on any atom is 0.267 e. The number of likely N-dealkylation sites (tertiary alicyclic amines) is 1. The quantitative estimate of drug-likeness (QED) is 0.323. The normalized spacial score (nSPS) is 16.3. The number of hydrogen-bond acceptors (Lipinski definition) is 6. The molecule has 0 saturated carbocycles. The molecule has 1 aliphatic heterocycles. The number of hydroxylamine groups is 1. The molecule has 1 atom stereocenters. The van der Waals surface area contributed by atoms with Gasteiger partial charge < -0.3 is 10.2 Å². The van der Waals surface area contributed by atoms with Crippen molar-refractivity contribution in [3.8, 4) is 0 Å². The number of piperidine rings is 1. The Hall–Kier alpha value is -2.33. The lowest BCUT2D eigenvalue weighted by molar-refractivity contribution is -0.124. The van der Waals surface area contributed by atoms with Crippen molar-refractivity contribution in [2.45, 2.75) is 25.3 Å². The van der Waals surface area contributed by atoms with Gasteiger partial charge in [-0.05, 0) is 43.5 Å². The lowest BCUT2D eigenvalue weighted by atomic mass is 10.0. The number of benzene rings is 1. The maximum absolute atomic E-state index is 13.8. The molecule has 11 heteroatoms. The second-order valence-electron chi connectivity index (χ2n) is 6.91. The summed E-state index contributed by atoms with van der Waals surface area (Å²) in [7, 11) is 0. The van der Waals surface area contributed by atoms with Gasteiger partial charge in [-0.3, -0.25) is 15.0 Å². The summed E-state index contributed by atoms with van der Waals surface area (Å²) in [6, 6.07) is 3.90. The molecular formula is C20H25Cl2F2N5O2. The summed E-state index contributed by atoms with van der Waals surface area (Å²) >= 11 is 0. The number of aromatic nitrogens is 2. The molecule has 2 aromatic rings. The van der Waals surface area contributed by atoms with Crippen molar-refractivity contribution >= 4 is 42.6 Å². The van der Waals surface area contributed by atoms with Gasteiger partial charge in [-0.1, -0.05) is 6.07 Å². The Labute approximate surface area is 191 Å². The highest BCUT2D eigenvalue weighted by molar-refractivity contribution is 5.90. The highest BCUT2D eigenvalue weighted by Gasteiger charge is 2.20. The number of carbonyl (C=O) groups excluding carboxylic acids is 1. The molecule has 0 aliphatic carbocycles. The van der Waals surface area contributed by atoms with Gasteiger partial charge in [0, 0.05) is 31.3 Å². The van der Waals surface area contributed by atoms with E-state index in [2.05, 4.69) is 20.2 Å². The number of amides is 1. The van der Waals surface area contributed by atoms with E-state index in [1.165, 1.54) is 29.9 Å². The topological polar surface area (TPSA) is 90.4 Å². The summed E-state index contributed by atoms with van der Waals surface area (Å²) in [5, 5.41) is 11.8. The van der Waals surface area contributed by atoms with Gasteiger partial charge in [-0.2, -0.15) is 0 Å². The zero-order valence-corrected chi connectivity index (χ0v) is 18.3. The SMILES string of the molecule is Cl.Cl.O=C(/C=C/c1cnc(N[C@@H]2CCCN(CCc3ccc(F)cc3F)C2)cn1)NO. The molecule has 1 aromatic carbocycles. The van der Waals surface area contributed by atoms with E-state index in [0.717, 1.165) is 38.1 Å². The minimum absolute atomic E-state index is 0. The number of nitrogens with zero attached hydrogens (tertiary/aromatic N) is 3. The third-order valence-electron chi connectivity index (χ3n) is 4.76. The first-order valence-electron chi connectivity index (χ1n) is 9.40. The average molecular weight is 476 g/mol. The van der Waals surface area contributed by atoms with Crippen molar-refractivity contribution < 1.29 is 18.8 Å². The first kappa shape index (κ1) is 26.7. The van der Waals surface area contributed by atoms with Crippen LogP contribution in [0.3, 0.4) is 0 Å². The van der Waals surface area contributed by atoms with Crippen molar-refractivity contribution in [1.29, 1.82) is 0 Å². The minimum Gasteiger partial charge on any atom is -0.365 e. The minimum atomic E-state index is -0.642. The molecule has 3 N–H and O–H groups in total. The summed E-state index contributed by atoms with van der Waals surface area (Å²) in [6.45, 7) is 2.43. The Balaban J connectivity index is 0.00000240. The van der Waals surface area contributed by atoms with Crippen LogP contribution in [0.25, 0.3) is 6.08 Å². The van der Waals surface area contributed by atoms with Crippen LogP contribution in [-0.2, 0) is 11.2 Å². The molecule has 170 valence electrons. The third-order valence-corrected chi connectivity index (χ3v) is 4.76. The monoisotopic (exact) mass is 475 g/mol. The van der Waals surface area contributed by atoms with Crippen LogP contribution >= 0.6 is 24.8 Å². The molecule has 1 amide bonds. The molecule has 0 radical (unpaired) electrons. The van der Waals surface area contributed by atoms with Crippen molar-refractivity contribution in [2.24, 2.45) is 0 Å². The van der Waals surface area contributed by atoms with E-state index in [1.54, 1.807) is 6.20 Å². The average Bonchev–Trinajstić information content (AvgIpc) is 2.72. The Kier molecular flexibility index (Phi) is 11.3. The van der Waals surface area contributed by atoms with E-state index in [9.17, 15) is 13.6 Å². The smallest absolute Gasteiger partial charge is 0.267 e. The number of halogens is 4.